The molecule has 0 aliphatic heterocycles. The van der Waals surface area contributed by atoms with Crippen molar-refractivity contribution >= 4 is 17.3 Å². The van der Waals surface area contributed by atoms with E-state index < -0.39 is 0 Å². The molecular formula is C18H17FN4. The predicted octanol–water partition coefficient (Wildman–Crippen LogP) is 4.53. The molecule has 5 heteroatoms. The van der Waals surface area contributed by atoms with Gasteiger partial charge in [-0.15, -0.1) is 0 Å². The molecule has 3 aromatic rings. The second-order valence-corrected chi connectivity index (χ2v) is 5.20. The van der Waals surface area contributed by atoms with E-state index in [0.717, 1.165) is 11.5 Å². The Morgan fingerprint density at radius 1 is 0.913 bits per heavy atom. The number of aromatic nitrogens is 2. The molecule has 116 valence electrons. The van der Waals surface area contributed by atoms with Gasteiger partial charge in [0, 0.05) is 17.8 Å². The molecule has 3 rings (SSSR count). The van der Waals surface area contributed by atoms with Gasteiger partial charge in [-0.3, -0.25) is 0 Å². The summed E-state index contributed by atoms with van der Waals surface area (Å²) in [7, 11) is 0. The number of hydrogen-bond acceptors (Lipinski definition) is 4. The van der Waals surface area contributed by atoms with Crippen molar-refractivity contribution in [3.63, 3.8) is 0 Å². The fraction of sp³-hybridized carbons (Fsp3) is 0.111. The van der Waals surface area contributed by atoms with E-state index in [1.54, 1.807) is 12.1 Å². The minimum Gasteiger partial charge on any atom is -0.363 e. The summed E-state index contributed by atoms with van der Waals surface area (Å²) in [6, 6.07) is 18.2. The first-order chi connectivity index (χ1) is 11.2. The van der Waals surface area contributed by atoms with Gasteiger partial charge in [0.1, 0.15) is 23.8 Å². The van der Waals surface area contributed by atoms with E-state index >= 15 is 0 Å². The van der Waals surface area contributed by atoms with Gasteiger partial charge in [0.05, 0.1) is 0 Å². The summed E-state index contributed by atoms with van der Waals surface area (Å²) < 4.78 is 12.9. The molecule has 0 saturated heterocycles. The fourth-order valence-corrected chi connectivity index (χ4v) is 2.23. The van der Waals surface area contributed by atoms with Crippen molar-refractivity contribution in [3.8, 4) is 0 Å². The lowest BCUT2D eigenvalue weighted by atomic mass is 10.1. The normalized spacial score (nSPS) is 11.7. The standard InChI is InChI=1S/C18H17FN4/c1-13(14-5-3-2-4-6-14)22-17-11-18(21-12-20-17)23-16-9-7-15(19)8-10-16/h2-13H,1H3,(H2,20,21,22,23). The zero-order valence-corrected chi connectivity index (χ0v) is 12.7. The first-order valence-corrected chi connectivity index (χ1v) is 7.37. The zero-order valence-electron chi connectivity index (χ0n) is 12.7. The molecule has 4 nitrogen and oxygen atoms in total. The van der Waals surface area contributed by atoms with E-state index in [2.05, 4.69) is 39.7 Å². The van der Waals surface area contributed by atoms with Crippen LogP contribution in [0.4, 0.5) is 21.7 Å². The van der Waals surface area contributed by atoms with E-state index in [9.17, 15) is 4.39 Å². The van der Waals surface area contributed by atoms with Crippen LogP contribution < -0.4 is 10.6 Å². The summed E-state index contributed by atoms with van der Waals surface area (Å²) in [5.41, 5.74) is 1.95. The Kier molecular flexibility index (Phi) is 4.47. The highest BCUT2D eigenvalue weighted by molar-refractivity contribution is 5.58. The molecule has 1 aromatic heterocycles. The van der Waals surface area contributed by atoms with Gasteiger partial charge < -0.3 is 10.6 Å². The number of halogens is 1. The van der Waals surface area contributed by atoms with Crippen LogP contribution >= 0.6 is 0 Å². The summed E-state index contributed by atoms with van der Waals surface area (Å²) in [6.07, 6.45) is 1.49. The molecule has 1 heterocycles. The smallest absolute Gasteiger partial charge is 0.135 e. The van der Waals surface area contributed by atoms with Crippen LogP contribution in [0.3, 0.4) is 0 Å². The SMILES string of the molecule is CC(Nc1cc(Nc2ccc(F)cc2)ncn1)c1ccccc1. The third kappa shape index (κ3) is 4.03. The minimum absolute atomic E-state index is 0.129. The van der Waals surface area contributed by atoms with E-state index in [4.69, 9.17) is 0 Å². The Labute approximate surface area is 134 Å². The van der Waals surface area contributed by atoms with Crippen LogP contribution in [-0.4, -0.2) is 9.97 Å². The molecule has 0 aliphatic rings. The molecule has 2 N–H and O–H groups in total. The van der Waals surface area contributed by atoms with E-state index in [1.165, 1.54) is 24.0 Å². The quantitative estimate of drug-likeness (QED) is 0.727. The molecule has 2 aromatic carbocycles. The Morgan fingerprint density at radius 3 is 2.35 bits per heavy atom. The van der Waals surface area contributed by atoms with Gasteiger partial charge in [0.15, 0.2) is 0 Å². The van der Waals surface area contributed by atoms with Crippen molar-refractivity contribution in [1.29, 1.82) is 0 Å². The maximum atomic E-state index is 12.9. The fourth-order valence-electron chi connectivity index (χ4n) is 2.23. The summed E-state index contributed by atoms with van der Waals surface area (Å²) in [5, 5.41) is 6.47. The van der Waals surface area contributed by atoms with Crippen molar-refractivity contribution in [2.75, 3.05) is 10.6 Å². The highest BCUT2D eigenvalue weighted by atomic mass is 19.1. The maximum absolute atomic E-state index is 12.9. The average Bonchev–Trinajstić information content (AvgIpc) is 2.58. The Morgan fingerprint density at radius 2 is 1.61 bits per heavy atom. The van der Waals surface area contributed by atoms with Crippen LogP contribution in [0, 0.1) is 5.82 Å². The van der Waals surface area contributed by atoms with Gasteiger partial charge in [-0.1, -0.05) is 30.3 Å². The zero-order chi connectivity index (χ0) is 16.1. The molecule has 0 bridgehead atoms. The minimum atomic E-state index is -0.266. The lowest BCUT2D eigenvalue weighted by molar-refractivity contribution is 0.628. The van der Waals surface area contributed by atoms with Crippen LogP contribution in [0.5, 0.6) is 0 Å². The first kappa shape index (κ1) is 15.0. The summed E-state index contributed by atoms with van der Waals surface area (Å²) >= 11 is 0. The van der Waals surface area contributed by atoms with Crippen LogP contribution in [-0.2, 0) is 0 Å². The molecule has 0 saturated carbocycles. The van der Waals surface area contributed by atoms with E-state index in [0.29, 0.717) is 5.82 Å². The molecule has 0 aliphatic carbocycles. The maximum Gasteiger partial charge on any atom is 0.135 e. The van der Waals surface area contributed by atoms with Crippen LogP contribution in [0.2, 0.25) is 0 Å². The molecular weight excluding hydrogens is 291 g/mol. The number of nitrogens with zero attached hydrogens (tertiary/aromatic N) is 2. The van der Waals surface area contributed by atoms with Gasteiger partial charge in [0.2, 0.25) is 0 Å². The van der Waals surface area contributed by atoms with Gasteiger partial charge >= 0.3 is 0 Å². The van der Waals surface area contributed by atoms with Crippen molar-refractivity contribution in [2.24, 2.45) is 0 Å². The molecule has 1 atom stereocenters. The van der Waals surface area contributed by atoms with Crippen molar-refractivity contribution in [2.45, 2.75) is 13.0 Å². The first-order valence-electron chi connectivity index (χ1n) is 7.37. The monoisotopic (exact) mass is 308 g/mol. The topological polar surface area (TPSA) is 49.8 Å². The Balaban J connectivity index is 1.71. The molecule has 1 unspecified atom stereocenters. The second-order valence-electron chi connectivity index (χ2n) is 5.20. The van der Waals surface area contributed by atoms with Gasteiger partial charge in [-0.05, 0) is 36.8 Å². The van der Waals surface area contributed by atoms with Crippen LogP contribution in [0.15, 0.2) is 67.0 Å². The van der Waals surface area contributed by atoms with Gasteiger partial charge in [0.25, 0.3) is 0 Å². The molecule has 0 spiro atoms. The largest absolute Gasteiger partial charge is 0.363 e. The lowest BCUT2D eigenvalue weighted by Crippen LogP contribution is -2.08. The molecule has 0 amide bonds. The van der Waals surface area contributed by atoms with Crippen molar-refractivity contribution < 1.29 is 4.39 Å². The summed E-state index contributed by atoms with van der Waals surface area (Å²) in [6.45, 7) is 2.07. The number of benzene rings is 2. The van der Waals surface area contributed by atoms with Crippen molar-refractivity contribution in [3.05, 3.63) is 78.4 Å². The summed E-state index contributed by atoms with van der Waals surface area (Å²) in [4.78, 5) is 8.42. The highest BCUT2D eigenvalue weighted by Gasteiger charge is 2.06. The van der Waals surface area contributed by atoms with E-state index in [-0.39, 0.29) is 11.9 Å². The third-order valence-electron chi connectivity index (χ3n) is 3.45. The predicted molar refractivity (Wildman–Crippen MR) is 90.2 cm³/mol. The van der Waals surface area contributed by atoms with E-state index in [1.807, 2.05) is 24.3 Å². The Bertz CT molecular complexity index is 759. The number of hydrogen-bond donors (Lipinski definition) is 2. The summed E-state index contributed by atoms with van der Waals surface area (Å²) in [5.74, 6) is 1.10. The Hall–Kier alpha value is -2.95. The van der Waals surface area contributed by atoms with Crippen LogP contribution in [0.1, 0.15) is 18.5 Å². The third-order valence-corrected chi connectivity index (χ3v) is 3.45. The average molecular weight is 308 g/mol. The van der Waals surface area contributed by atoms with Crippen molar-refractivity contribution in [1.82, 2.24) is 9.97 Å². The highest BCUT2D eigenvalue weighted by Crippen LogP contribution is 2.20. The number of nitrogens with one attached hydrogen (secondary N) is 2. The van der Waals surface area contributed by atoms with Gasteiger partial charge in [-0.25, -0.2) is 14.4 Å². The molecule has 0 fully saturated rings. The van der Waals surface area contributed by atoms with Crippen LogP contribution in [0.25, 0.3) is 0 Å². The van der Waals surface area contributed by atoms with Gasteiger partial charge in [-0.2, -0.15) is 0 Å². The number of anilines is 3. The lowest BCUT2D eigenvalue weighted by Gasteiger charge is -2.15. The molecule has 23 heavy (non-hydrogen) atoms. The second kappa shape index (κ2) is 6.87. The molecule has 0 radical (unpaired) electrons. The number of rotatable bonds is 5.